The number of amides is 2. The van der Waals surface area contributed by atoms with Gasteiger partial charge in [0.1, 0.15) is 5.82 Å². The van der Waals surface area contributed by atoms with Crippen LogP contribution in [0.1, 0.15) is 5.56 Å². The number of carbonyl (C=O) groups excluding carboxylic acids is 2. The summed E-state index contributed by atoms with van der Waals surface area (Å²) < 4.78 is 15.0. The summed E-state index contributed by atoms with van der Waals surface area (Å²) in [4.78, 5) is 23.3. The molecule has 0 aliphatic rings. The molecule has 0 bridgehead atoms. The monoisotopic (exact) mass is 441 g/mol. The molecule has 2 rings (SSSR count). The summed E-state index contributed by atoms with van der Waals surface area (Å²) in [6.07, 6.45) is 1.39. The normalized spacial score (nSPS) is 10.6. The number of hydrogen-bond acceptors (Lipinski definition) is 3. The third-order valence-electron chi connectivity index (χ3n) is 2.61. The van der Waals surface area contributed by atoms with Crippen LogP contribution in [0.5, 0.6) is 0 Å². The molecule has 5 nitrogen and oxygen atoms in total. The van der Waals surface area contributed by atoms with Crippen LogP contribution in [0, 0.1) is 5.82 Å². The molecule has 0 aliphatic carbocycles. The van der Waals surface area contributed by atoms with Gasteiger partial charge >= 0.3 is 11.8 Å². The Morgan fingerprint density at radius 2 is 1.78 bits per heavy atom. The summed E-state index contributed by atoms with van der Waals surface area (Å²) >= 11 is 6.40. The molecule has 0 aliphatic heterocycles. The van der Waals surface area contributed by atoms with Crippen molar-refractivity contribution < 1.29 is 14.0 Å². The molecular formula is C15H10Br2FN3O2. The van der Waals surface area contributed by atoms with Crippen LogP contribution in [0.3, 0.4) is 0 Å². The molecule has 2 aromatic carbocycles. The zero-order chi connectivity index (χ0) is 16.8. The summed E-state index contributed by atoms with van der Waals surface area (Å²) in [6, 6.07) is 11.3. The van der Waals surface area contributed by atoms with Gasteiger partial charge in [0.15, 0.2) is 0 Å². The van der Waals surface area contributed by atoms with Crippen molar-refractivity contribution in [2.45, 2.75) is 0 Å². The lowest BCUT2D eigenvalue weighted by molar-refractivity contribution is -0.136. The molecule has 0 aromatic heterocycles. The summed E-state index contributed by atoms with van der Waals surface area (Å²) in [5.74, 6) is -2.67. The van der Waals surface area contributed by atoms with E-state index < -0.39 is 17.6 Å². The number of benzene rings is 2. The predicted octanol–water partition coefficient (Wildman–Crippen LogP) is 3.44. The van der Waals surface area contributed by atoms with Crippen LogP contribution in [-0.4, -0.2) is 18.0 Å². The fraction of sp³-hybridized carbons (Fsp3) is 0. The van der Waals surface area contributed by atoms with Gasteiger partial charge in [-0.2, -0.15) is 5.10 Å². The van der Waals surface area contributed by atoms with Crippen molar-refractivity contribution >= 4 is 55.6 Å². The van der Waals surface area contributed by atoms with E-state index in [9.17, 15) is 14.0 Å². The molecule has 0 unspecified atom stereocenters. The Kier molecular flexibility index (Phi) is 6.00. The first-order valence-electron chi connectivity index (χ1n) is 6.31. The van der Waals surface area contributed by atoms with Crippen LogP contribution in [0.25, 0.3) is 0 Å². The third kappa shape index (κ3) is 5.26. The minimum Gasteiger partial charge on any atom is -0.315 e. The molecule has 23 heavy (non-hydrogen) atoms. The lowest BCUT2D eigenvalue weighted by atomic mass is 10.2. The number of carbonyl (C=O) groups is 2. The van der Waals surface area contributed by atoms with Gasteiger partial charge in [0.2, 0.25) is 0 Å². The van der Waals surface area contributed by atoms with Crippen molar-refractivity contribution in [2.75, 3.05) is 5.32 Å². The van der Waals surface area contributed by atoms with E-state index in [1.54, 1.807) is 24.3 Å². The summed E-state index contributed by atoms with van der Waals surface area (Å²) in [5, 5.41) is 5.84. The van der Waals surface area contributed by atoms with Gasteiger partial charge in [0, 0.05) is 8.95 Å². The van der Waals surface area contributed by atoms with Gasteiger partial charge in [0.05, 0.1) is 11.9 Å². The first-order valence-corrected chi connectivity index (χ1v) is 7.89. The molecule has 118 valence electrons. The van der Waals surface area contributed by atoms with Gasteiger partial charge in [0.25, 0.3) is 0 Å². The maximum Gasteiger partial charge on any atom is 0.329 e. The summed E-state index contributed by atoms with van der Waals surface area (Å²) in [6.45, 7) is 0. The lowest BCUT2D eigenvalue weighted by Gasteiger charge is -2.05. The van der Waals surface area contributed by atoms with Crippen LogP contribution in [0.4, 0.5) is 10.1 Å². The van der Waals surface area contributed by atoms with Gasteiger partial charge in [-0.3, -0.25) is 9.59 Å². The van der Waals surface area contributed by atoms with E-state index in [4.69, 9.17) is 0 Å². The maximum atomic E-state index is 13.6. The number of rotatable bonds is 3. The molecule has 0 fully saturated rings. The van der Waals surface area contributed by atoms with Gasteiger partial charge in [-0.15, -0.1) is 0 Å². The number of halogens is 3. The van der Waals surface area contributed by atoms with Crippen LogP contribution < -0.4 is 10.7 Å². The van der Waals surface area contributed by atoms with Crippen LogP contribution in [0.15, 0.2) is 56.5 Å². The number of hydrazone groups is 1. The van der Waals surface area contributed by atoms with Crippen LogP contribution in [-0.2, 0) is 9.59 Å². The SMILES string of the molecule is O=C(N/N=C/c1cccc(Br)c1)C(=O)Nc1ccc(Br)cc1F. The number of nitrogens with zero attached hydrogens (tertiary/aromatic N) is 1. The number of hydrogen-bond donors (Lipinski definition) is 2. The Balaban J connectivity index is 1.93. The van der Waals surface area contributed by atoms with E-state index in [0.717, 1.165) is 10.0 Å². The van der Waals surface area contributed by atoms with Gasteiger partial charge in [-0.1, -0.05) is 44.0 Å². The zero-order valence-corrected chi connectivity index (χ0v) is 14.7. The van der Waals surface area contributed by atoms with Crippen molar-refractivity contribution in [2.24, 2.45) is 5.10 Å². The topological polar surface area (TPSA) is 70.6 Å². The number of anilines is 1. The first-order chi connectivity index (χ1) is 11.0. The molecule has 2 N–H and O–H groups in total. The average molecular weight is 443 g/mol. The van der Waals surface area contributed by atoms with Crippen molar-refractivity contribution in [1.82, 2.24) is 5.43 Å². The molecule has 0 saturated heterocycles. The highest BCUT2D eigenvalue weighted by Gasteiger charge is 2.15. The summed E-state index contributed by atoms with van der Waals surface area (Å²) in [7, 11) is 0. The van der Waals surface area contributed by atoms with Gasteiger partial charge in [-0.25, -0.2) is 9.82 Å². The molecule has 8 heteroatoms. The minimum atomic E-state index is -1.02. The van der Waals surface area contributed by atoms with Gasteiger partial charge in [-0.05, 0) is 35.9 Å². The Morgan fingerprint density at radius 3 is 2.48 bits per heavy atom. The molecule has 0 saturated carbocycles. The van der Waals surface area contributed by atoms with E-state index in [2.05, 4.69) is 47.7 Å². The minimum absolute atomic E-state index is 0.0932. The van der Waals surface area contributed by atoms with Gasteiger partial charge < -0.3 is 5.32 Å². The molecular weight excluding hydrogens is 433 g/mol. The van der Waals surface area contributed by atoms with Crippen molar-refractivity contribution in [1.29, 1.82) is 0 Å². The van der Waals surface area contributed by atoms with Crippen molar-refractivity contribution in [3.8, 4) is 0 Å². The van der Waals surface area contributed by atoms with Crippen molar-refractivity contribution in [3.63, 3.8) is 0 Å². The van der Waals surface area contributed by atoms with E-state index >= 15 is 0 Å². The molecule has 2 aromatic rings. The highest BCUT2D eigenvalue weighted by atomic mass is 79.9. The largest absolute Gasteiger partial charge is 0.329 e. The second-order valence-corrected chi connectivity index (χ2v) is 6.16. The average Bonchev–Trinajstić information content (AvgIpc) is 2.50. The highest BCUT2D eigenvalue weighted by Crippen LogP contribution is 2.19. The Bertz CT molecular complexity index is 781. The van der Waals surface area contributed by atoms with E-state index in [1.807, 2.05) is 6.07 Å². The first kappa shape index (κ1) is 17.3. The summed E-state index contributed by atoms with van der Waals surface area (Å²) in [5.41, 5.74) is 2.71. The second-order valence-electron chi connectivity index (χ2n) is 4.33. The fourth-order valence-corrected chi connectivity index (χ4v) is 2.32. The standard InChI is InChI=1S/C15H10Br2FN3O2/c16-10-3-1-2-9(6-10)8-19-21-15(23)14(22)20-13-5-4-11(17)7-12(13)18/h1-8H,(H,20,22)(H,21,23)/b19-8+. The van der Waals surface area contributed by atoms with Crippen LogP contribution in [0.2, 0.25) is 0 Å². The molecule has 2 amide bonds. The van der Waals surface area contributed by atoms with Crippen molar-refractivity contribution in [3.05, 3.63) is 62.8 Å². The molecule has 0 spiro atoms. The number of nitrogens with one attached hydrogen (secondary N) is 2. The van der Waals surface area contributed by atoms with E-state index in [1.165, 1.54) is 18.3 Å². The second kappa shape index (κ2) is 7.98. The quantitative estimate of drug-likeness (QED) is 0.434. The maximum absolute atomic E-state index is 13.6. The Hall–Kier alpha value is -2.06. The smallest absolute Gasteiger partial charge is 0.315 e. The molecule has 0 radical (unpaired) electrons. The fourth-order valence-electron chi connectivity index (χ4n) is 1.57. The van der Waals surface area contributed by atoms with E-state index in [0.29, 0.717) is 4.47 Å². The Morgan fingerprint density at radius 1 is 1.04 bits per heavy atom. The molecule has 0 heterocycles. The third-order valence-corrected chi connectivity index (χ3v) is 3.60. The van der Waals surface area contributed by atoms with E-state index in [-0.39, 0.29) is 5.69 Å². The zero-order valence-electron chi connectivity index (χ0n) is 11.5. The highest BCUT2D eigenvalue weighted by molar-refractivity contribution is 9.10. The molecule has 0 atom stereocenters. The Labute approximate surface area is 148 Å². The lowest BCUT2D eigenvalue weighted by Crippen LogP contribution is -2.32. The predicted molar refractivity (Wildman–Crippen MR) is 92.6 cm³/mol. The van der Waals surface area contributed by atoms with Crippen LogP contribution >= 0.6 is 31.9 Å².